The Morgan fingerprint density at radius 3 is 2.55 bits per heavy atom. The fraction of sp³-hybridized carbons (Fsp3) is 0.423. The van der Waals surface area contributed by atoms with Crippen molar-refractivity contribution in [2.24, 2.45) is 5.92 Å². The van der Waals surface area contributed by atoms with E-state index in [0.717, 1.165) is 25.9 Å². The van der Waals surface area contributed by atoms with Gasteiger partial charge in [0.1, 0.15) is 11.6 Å². The van der Waals surface area contributed by atoms with Gasteiger partial charge in [-0.2, -0.15) is 0 Å². The Morgan fingerprint density at radius 2 is 1.82 bits per heavy atom. The van der Waals surface area contributed by atoms with E-state index >= 15 is 0 Å². The second-order valence-electron chi connectivity index (χ2n) is 9.13. The third-order valence-electron chi connectivity index (χ3n) is 6.92. The van der Waals surface area contributed by atoms with Crippen LogP contribution in [-0.2, 0) is 4.79 Å². The van der Waals surface area contributed by atoms with Crippen molar-refractivity contribution in [3.8, 4) is 11.4 Å². The van der Waals surface area contributed by atoms with Crippen molar-refractivity contribution in [3.63, 3.8) is 0 Å². The first-order chi connectivity index (χ1) is 16.0. The van der Waals surface area contributed by atoms with Gasteiger partial charge in [0.05, 0.1) is 29.7 Å². The van der Waals surface area contributed by atoms with Crippen molar-refractivity contribution in [2.75, 3.05) is 26.7 Å². The lowest BCUT2D eigenvalue weighted by Gasteiger charge is -2.42. The predicted octanol–water partition coefficient (Wildman–Crippen LogP) is 3.40. The zero-order valence-electron chi connectivity index (χ0n) is 19.4. The second kappa shape index (κ2) is 8.63. The quantitative estimate of drug-likeness (QED) is 0.601. The number of hydrogen-bond donors (Lipinski definition) is 0. The molecule has 33 heavy (non-hydrogen) atoms. The van der Waals surface area contributed by atoms with Gasteiger partial charge in [-0.15, -0.1) is 0 Å². The molecule has 1 aromatic heterocycles. The van der Waals surface area contributed by atoms with Crippen molar-refractivity contribution < 1.29 is 9.53 Å². The third-order valence-corrected chi connectivity index (χ3v) is 6.92. The molecule has 5 rings (SSSR count). The number of rotatable bonds is 5. The van der Waals surface area contributed by atoms with Gasteiger partial charge in [0.25, 0.3) is 5.56 Å². The fourth-order valence-electron chi connectivity index (χ4n) is 4.87. The molecule has 172 valence electrons. The van der Waals surface area contributed by atoms with Crippen molar-refractivity contribution in [2.45, 2.75) is 38.8 Å². The first-order valence-electron chi connectivity index (χ1n) is 11.7. The van der Waals surface area contributed by atoms with Crippen LogP contribution >= 0.6 is 0 Å². The highest BCUT2D eigenvalue weighted by Gasteiger charge is 2.38. The lowest BCUT2D eigenvalue weighted by molar-refractivity contribution is -0.137. The number of benzene rings is 2. The zero-order valence-corrected chi connectivity index (χ0v) is 19.4. The van der Waals surface area contributed by atoms with E-state index in [1.54, 1.807) is 11.7 Å². The van der Waals surface area contributed by atoms with Gasteiger partial charge in [0.2, 0.25) is 5.91 Å². The maximum absolute atomic E-state index is 13.7. The minimum atomic E-state index is -0.118. The van der Waals surface area contributed by atoms with E-state index in [0.29, 0.717) is 40.6 Å². The third kappa shape index (κ3) is 3.91. The normalized spacial score (nSPS) is 20.1. The highest BCUT2D eigenvalue weighted by molar-refractivity contribution is 5.81. The summed E-state index contributed by atoms with van der Waals surface area (Å²) in [6.45, 7) is 6.40. The Balaban J connectivity index is 1.56. The summed E-state index contributed by atoms with van der Waals surface area (Å²) in [6.07, 6.45) is 2.04. The van der Waals surface area contributed by atoms with Crippen LogP contribution in [0, 0.1) is 5.92 Å². The maximum Gasteiger partial charge on any atom is 0.266 e. The highest BCUT2D eigenvalue weighted by atomic mass is 16.5. The number of nitrogens with zero attached hydrogens (tertiary/aromatic N) is 4. The van der Waals surface area contributed by atoms with Crippen LogP contribution in [0.1, 0.15) is 38.6 Å². The van der Waals surface area contributed by atoms with Crippen molar-refractivity contribution in [1.82, 2.24) is 19.4 Å². The molecular formula is C26H30N4O3. The monoisotopic (exact) mass is 446 g/mol. The Hall–Kier alpha value is -3.19. The van der Waals surface area contributed by atoms with E-state index < -0.39 is 0 Å². The SMILES string of the molecule is COc1ccccc1-n1c(C(C)N2CCN(C(=O)C3CC3)C(C)C2)nc2ccccc2c1=O. The van der Waals surface area contributed by atoms with Gasteiger partial charge in [-0.3, -0.25) is 19.1 Å². The van der Waals surface area contributed by atoms with Gasteiger partial charge in [0, 0.05) is 31.6 Å². The van der Waals surface area contributed by atoms with Gasteiger partial charge < -0.3 is 9.64 Å². The first-order valence-corrected chi connectivity index (χ1v) is 11.7. The molecule has 1 aliphatic carbocycles. The van der Waals surface area contributed by atoms with Crippen LogP contribution < -0.4 is 10.3 Å². The van der Waals surface area contributed by atoms with Crippen LogP contribution in [0.3, 0.4) is 0 Å². The maximum atomic E-state index is 13.7. The number of para-hydroxylation sites is 3. The standard InChI is InChI=1S/C26H30N4O3/c1-17-16-28(14-15-29(17)25(31)19-12-13-19)18(2)24-27-21-9-5-4-8-20(21)26(32)30(24)22-10-6-7-11-23(22)33-3/h4-11,17-19H,12-16H2,1-3H3. The smallest absolute Gasteiger partial charge is 0.266 e. The summed E-state index contributed by atoms with van der Waals surface area (Å²) in [5, 5.41) is 0.576. The van der Waals surface area contributed by atoms with E-state index in [-0.39, 0.29) is 23.6 Å². The molecule has 0 N–H and O–H groups in total. The number of carbonyl (C=O) groups excluding carboxylic acids is 1. The van der Waals surface area contributed by atoms with Crippen LogP contribution in [0.4, 0.5) is 0 Å². The highest BCUT2D eigenvalue weighted by Crippen LogP contribution is 2.33. The summed E-state index contributed by atoms with van der Waals surface area (Å²) in [5.74, 6) is 1.83. The van der Waals surface area contributed by atoms with Gasteiger partial charge in [-0.1, -0.05) is 24.3 Å². The molecule has 2 aromatic carbocycles. The number of aromatic nitrogens is 2. The van der Waals surface area contributed by atoms with Crippen LogP contribution in [0.5, 0.6) is 5.75 Å². The minimum absolute atomic E-state index is 0.109. The van der Waals surface area contributed by atoms with Crippen LogP contribution in [0.2, 0.25) is 0 Å². The summed E-state index contributed by atoms with van der Waals surface area (Å²) in [7, 11) is 1.61. The molecule has 2 atom stereocenters. The number of ether oxygens (including phenoxy) is 1. The average Bonchev–Trinajstić information content (AvgIpc) is 3.69. The van der Waals surface area contributed by atoms with Crippen molar-refractivity contribution in [3.05, 3.63) is 64.7 Å². The number of hydrogen-bond acceptors (Lipinski definition) is 5. The van der Waals surface area contributed by atoms with E-state index in [9.17, 15) is 9.59 Å². The number of fused-ring (bicyclic) bond motifs is 1. The average molecular weight is 447 g/mol. The van der Waals surface area contributed by atoms with E-state index in [2.05, 4.69) is 18.7 Å². The fourth-order valence-corrected chi connectivity index (χ4v) is 4.87. The van der Waals surface area contributed by atoms with Crippen molar-refractivity contribution >= 4 is 16.8 Å². The summed E-state index contributed by atoms with van der Waals surface area (Å²) in [4.78, 5) is 35.7. The Kier molecular flexibility index (Phi) is 5.66. The molecule has 0 spiro atoms. The molecule has 0 bridgehead atoms. The van der Waals surface area contributed by atoms with Gasteiger partial charge in [-0.05, 0) is 51.0 Å². The van der Waals surface area contributed by atoms with Gasteiger partial charge >= 0.3 is 0 Å². The van der Waals surface area contributed by atoms with Crippen molar-refractivity contribution in [1.29, 1.82) is 0 Å². The van der Waals surface area contributed by atoms with Gasteiger partial charge in [0.15, 0.2) is 0 Å². The summed E-state index contributed by atoms with van der Waals surface area (Å²) in [6, 6.07) is 15.0. The number of methoxy groups -OCH3 is 1. The number of amides is 1. The lowest BCUT2D eigenvalue weighted by Crippen LogP contribution is -2.55. The predicted molar refractivity (Wildman–Crippen MR) is 128 cm³/mol. The Morgan fingerprint density at radius 1 is 1.09 bits per heavy atom. The summed E-state index contributed by atoms with van der Waals surface area (Å²) >= 11 is 0. The van der Waals surface area contributed by atoms with Crippen LogP contribution in [0.15, 0.2) is 53.3 Å². The molecule has 1 amide bonds. The van der Waals surface area contributed by atoms with Gasteiger partial charge in [-0.25, -0.2) is 4.98 Å². The number of carbonyl (C=O) groups is 1. The molecule has 3 aromatic rings. The molecule has 7 nitrogen and oxygen atoms in total. The molecule has 2 fully saturated rings. The summed E-state index contributed by atoms with van der Waals surface area (Å²) in [5.41, 5.74) is 1.26. The minimum Gasteiger partial charge on any atom is -0.495 e. The second-order valence-corrected chi connectivity index (χ2v) is 9.13. The zero-order chi connectivity index (χ0) is 23.1. The largest absolute Gasteiger partial charge is 0.495 e. The summed E-state index contributed by atoms with van der Waals surface area (Å²) < 4.78 is 7.28. The molecule has 2 heterocycles. The molecule has 2 unspecified atom stereocenters. The molecule has 2 aliphatic rings. The van der Waals surface area contributed by atoms with E-state index in [1.165, 1.54) is 0 Å². The Bertz CT molecular complexity index is 1250. The molecule has 1 aliphatic heterocycles. The van der Waals surface area contributed by atoms with E-state index in [4.69, 9.17) is 9.72 Å². The molecule has 0 radical (unpaired) electrons. The Labute approximate surface area is 193 Å². The topological polar surface area (TPSA) is 67.7 Å². The van der Waals surface area contributed by atoms with Crippen LogP contribution in [-0.4, -0.2) is 58.0 Å². The van der Waals surface area contributed by atoms with E-state index in [1.807, 2.05) is 53.4 Å². The lowest BCUT2D eigenvalue weighted by atomic mass is 10.1. The van der Waals surface area contributed by atoms with Crippen LogP contribution in [0.25, 0.3) is 16.6 Å². The first kappa shape index (κ1) is 21.6. The molecular weight excluding hydrogens is 416 g/mol. The molecule has 7 heteroatoms. The molecule has 1 saturated heterocycles. The number of piperazine rings is 1. The molecule has 1 saturated carbocycles.